The first-order valence-electron chi connectivity index (χ1n) is 8.34. The number of pyridine rings is 1. The van der Waals surface area contributed by atoms with Crippen LogP contribution in [0.4, 0.5) is 5.00 Å². The number of hydrogen-bond donors (Lipinski definition) is 2. The summed E-state index contributed by atoms with van der Waals surface area (Å²) in [4.78, 5) is 29.3. The highest BCUT2D eigenvalue weighted by Gasteiger charge is 2.13. The first-order chi connectivity index (χ1) is 13.2. The number of nitrogens with zero attached hydrogens (tertiary/aromatic N) is 2. The Labute approximate surface area is 158 Å². The molecule has 2 N–H and O–H groups in total. The highest BCUT2D eigenvalue weighted by Crippen LogP contribution is 2.22. The molecule has 0 aliphatic rings. The van der Waals surface area contributed by atoms with Crippen LogP contribution in [0.1, 0.15) is 25.9 Å². The Morgan fingerprint density at radius 2 is 2.04 bits per heavy atom. The second-order valence-electron chi connectivity index (χ2n) is 5.80. The number of fused-ring (bicyclic) bond motifs is 1. The molecule has 0 radical (unpaired) electrons. The third-order valence-electron chi connectivity index (χ3n) is 3.89. The first-order valence-corrected chi connectivity index (χ1v) is 9.16. The summed E-state index contributed by atoms with van der Waals surface area (Å²) in [5.74, 6) is -0.301. The minimum absolute atomic E-state index is 0.178. The molecule has 8 heteroatoms. The van der Waals surface area contributed by atoms with Crippen LogP contribution >= 0.6 is 11.3 Å². The van der Waals surface area contributed by atoms with Crippen LogP contribution in [0.25, 0.3) is 5.65 Å². The normalized spacial score (nSPS) is 10.8. The fourth-order valence-electron chi connectivity index (χ4n) is 2.61. The van der Waals surface area contributed by atoms with Gasteiger partial charge >= 0.3 is 0 Å². The van der Waals surface area contributed by atoms with Gasteiger partial charge in [0, 0.05) is 25.4 Å². The van der Waals surface area contributed by atoms with E-state index in [1.54, 1.807) is 24.3 Å². The topological polar surface area (TPSA) is 88.6 Å². The van der Waals surface area contributed by atoms with Crippen molar-refractivity contribution >= 4 is 33.8 Å². The number of amides is 2. The molecule has 4 heterocycles. The van der Waals surface area contributed by atoms with Crippen LogP contribution in [0.5, 0.6) is 0 Å². The molecule has 0 aliphatic heterocycles. The Kier molecular flexibility index (Phi) is 4.71. The molecular formula is C19H16N4O3S. The van der Waals surface area contributed by atoms with Crippen LogP contribution in [0.3, 0.4) is 0 Å². The maximum absolute atomic E-state index is 12.3. The van der Waals surface area contributed by atoms with E-state index in [2.05, 4.69) is 15.6 Å². The number of thiophene rings is 1. The predicted molar refractivity (Wildman–Crippen MR) is 102 cm³/mol. The third-order valence-corrected chi connectivity index (χ3v) is 4.89. The van der Waals surface area contributed by atoms with Gasteiger partial charge in [0.05, 0.1) is 21.8 Å². The van der Waals surface area contributed by atoms with Crippen molar-refractivity contribution in [1.82, 2.24) is 14.7 Å². The van der Waals surface area contributed by atoms with Crippen LogP contribution in [0, 0.1) is 0 Å². The summed E-state index contributed by atoms with van der Waals surface area (Å²) in [5.41, 5.74) is 1.80. The number of nitrogens with one attached hydrogen (secondary N) is 2. The molecule has 4 rings (SSSR count). The van der Waals surface area contributed by atoms with Crippen LogP contribution in [-0.4, -0.2) is 27.7 Å². The molecule has 136 valence electrons. The molecule has 27 heavy (non-hydrogen) atoms. The number of carbonyl (C=O) groups excluding carboxylic acids is 2. The number of aromatic nitrogens is 2. The standard InChI is InChI=1S/C19H16N4O3S/c24-18(14-4-3-11-26-14)22-17-7-6-15(27-17)19(25)20-9-8-13-12-23-10-2-1-5-16(23)21-13/h1-7,10-12H,8-9H2,(H,20,25)(H,22,24). The molecule has 7 nitrogen and oxygen atoms in total. The van der Waals surface area contributed by atoms with Crippen molar-refractivity contribution in [2.24, 2.45) is 0 Å². The van der Waals surface area contributed by atoms with Crippen molar-refractivity contribution in [2.45, 2.75) is 6.42 Å². The van der Waals surface area contributed by atoms with Crippen LogP contribution in [0.15, 0.2) is 65.5 Å². The van der Waals surface area contributed by atoms with E-state index < -0.39 is 0 Å². The molecule has 0 spiro atoms. The zero-order chi connectivity index (χ0) is 18.6. The molecule has 4 aromatic heterocycles. The number of hydrogen-bond acceptors (Lipinski definition) is 5. The number of anilines is 1. The number of carbonyl (C=O) groups is 2. The van der Waals surface area contributed by atoms with Gasteiger partial charge in [-0.1, -0.05) is 6.07 Å². The maximum atomic E-state index is 12.3. The van der Waals surface area contributed by atoms with Gasteiger partial charge in [-0.2, -0.15) is 0 Å². The Bertz CT molecular complexity index is 1050. The van der Waals surface area contributed by atoms with Gasteiger partial charge in [-0.3, -0.25) is 9.59 Å². The van der Waals surface area contributed by atoms with E-state index in [9.17, 15) is 9.59 Å². The molecule has 0 atom stereocenters. The highest BCUT2D eigenvalue weighted by atomic mass is 32.1. The minimum Gasteiger partial charge on any atom is -0.459 e. The lowest BCUT2D eigenvalue weighted by Gasteiger charge is -2.02. The first kappa shape index (κ1) is 17.0. The van der Waals surface area contributed by atoms with E-state index in [4.69, 9.17) is 4.42 Å². The largest absolute Gasteiger partial charge is 0.459 e. The molecule has 0 saturated heterocycles. The summed E-state index contributed by atoms with van der Waals surface area (Å²) in [6, 6.07) is 12.4. The Morgan fingerprint density at radius 3 is 2.85 bits per heavy atom. The van der Waals surface area contributed by atoms with Gasteiger partial charge in [0.1, 0.15) is 5.65 Å². The zero-order valence-electron chi connectivity index (χ0n) is 14.2. The predicted octanol–water partition coefficient (Wildman–Crippen LogP) is 3.21. The second kappa shape index (κ2) is 7.46. The van der Waals surface area contributed by atoms with Gasteiger partial charge in [0.25, 0.3) is 11.8 Å². The summed E-state index contributed by atoms with van der Waals surface area (Å²) < 4.78 is 6.99. The monoisotopic (exact) mass is 380 g/mol. The Balaban J connectivity index is 1.30. The van der Waals surface area contributed by atoms with Crippen molar-refractivity contribution in [3.63, 3.8) is 0 Å². The Hall–Kier alpha value is -3.39. The highest BCUT2D eigenvalue weighted by molar-refractivity contribution is 7.18. The van der Waals surface area contributed by atoms with Gasteiger partial charge in [-0.15, -0.1) is 11.3 Å². The second-order valence-corrected chi connectivity index (χ2v) is 6.88. The van der Waals surface area contributed by atoms with Crippen LogP contribution < -0.4 is 10.6 Å². The molecule has 0 aliphatic carbocycles. The van der Waals surface area contributed by atoms with Crippen LogP contribution in [0.2, 0.25) is 0 Å². The molecule has 0 fully saturated rings. The fraction of sp³-hybridized carbons (Fsp3) is 0.105. The smallest absolute Gasteiger partial charge is 0.291 e. The zero-order valence-corrected chi connectivity index (χ0v) is 15.0. The summed E-state index contributed by atoms with van der Waals surface area (Å²) in [6.07, 6.45) is 5.97. The summed E-state index contributed by atoms with van der Waals surface area (Å²) in [6.45, 7) is 0.481. The fourth-order valence-corrected chi connectivity index (χ4v) is 3.42. The molecular weight excluding hydrogens is 364 g/mol. The quantitative estimate of drug-likeness (QED) is 0.538. The van der Waals surface area contributed by atoms with Gasteiger partial charge in [0.15, 0.2) is 5.76 Å². The van der Waals surface area contributed by atoms with E-state index in [1.807, 2.05) is 35.0 Å². The van der Waals surface area contributed by atoms with E-state index in [0.29, 0.717) is 22.8 Å². The van der Waals surface area contributed by atoms with Gasteiger partial charge in [0.2, 0.25) is 0 Å². The summed E-state index contributed by atoms with van der Waals surface area (Å²) >= 11 is 1.21. The van der Waals surface area contributed by atoms with Crippen molar-refractivity contribution in [2.75, 3.05) is 11.9 Å². The average Bonchev–Trinajstić information content (AvgIpc) is 3.41. The molecule has 0 aromatic carbocycles. The van der Waals surface area contributed by atoms with Crippen LogP contribution in [-0.2, 0) is 6.42 Å². The van der Waals surface area contributed by atoms with E-state index in [1.165, 1.54) is 17.6 Å². The van der Waals surface area contributed by atoms with Gasteiger partial charge in [-0.05, 0) is 36.4 Å². The number of furan rings is 1. The number of rotatable bonds is 6. The molecule has 4 aromatic rings. The lowest BCUT2D eigenvalue weighted by molar-refractivity contribution is 0.0956. The van der Waals surface area contributed by atoms with E-state index in [0.717, 1.165) is 11.3 Å². The third kappa shape index (κ3) is 3.90. The summed E-state index contributed by atoms with van der Waals surface area (Å²) in [7, 11) is 0. The molecule has 0 bridgehead atoms. The van der Waals surface area contributed by atoms with Gasteiger partial charge < -0.3 is 19.5 Å². The summed E-state index contributed by atoms with van der Waals surface area (Å²) in [5, 5.41) is 6.17. The SMILES string of the molecule is O=C(Nc1ccc(C(=O)NCCc2cn3ccccc3n2)s1)c1ccco1. The van der Waals surface area contributed by atoms with Crippen molar-refractivity contribution < 1.29 is 14.0 Å². The molecule has 2 amide bonds. The average molecular weight is 380 g/mol. The minimum atomic E-state index is -0.347. The van der Waals surface area contributed by atoms with E-state index >= 15 is 0 Å². The van der Waals surface area contributed by atoms with E-state index in [-0.39, 0.29) is 17.6 Å². The Morgan fingerprint density at radius 1 is 1.11 bits per heavy atom. The lowest BCUT2D eigenvalue weighted by atomic mass is 10.3. The van der Waals surface area contributed by atoms with Crippen molar-refractivity contribution in [3.8, 4) is 0 Å². The molecule has 0 saturated carbocycles. The van der Waals surface area contributed by atoms with Crippen molar-refractivity contribution in [3.05, 3.63) is 77.5 Å². The number of imidazole rings is 1. The molecule has 0 unspecified atom stereocenters. The lowest BCUT2D eigenvalue weighted by Crippen LogP contribution is -2.24. The van der Waals surface area contributed by atoms with Gasteiger partial charge in [-0.25, -0.2) is 4.98 Å². The van der Waals surface area contributed by atoms with Crippen molar-refractivity contribution in [1.29, 1.82) is 0 Å². The maximum Gasteiger partial charge on any atom is 0.291 e.